The first-order chi connectivity index (χ1) is 9.06. The molecule has 2 aromatic rings. The lowest BCUT2D eigenvalue weighted by atomic mass is 10.1. The molecule has 0 bridgehead atoms. The van der Waals surface area contributed by atoms with Crippen LogP contribution in [0.3, 0.4) is 0 Å². The van der Waals surface area contributed by atoms with Crippen molar-refractivity contribution in [3.05, 3.63) is 65.0 Å². The Labute approximate surface area is 118 Å². The minimum atomic E-state index is -0.176. The summed E-state index contributed by atoms with van der Waals surface area (Å²) in [6.07, 6.45) is 0. The number of hydrogen-bond donors (Lipinski definition) is 1. The predicted molar refractivity (Wildman–Crippen MR) is 79.7 cm³/mol. The molecule has 0 aliphatic heterocycles. The lowest BCUT2D eigenvalue weighted by molar-refractivity contribution is 0.626. The molecule has 0 fully saturated rings. The van der Waals surface area contributed by atoms with Crippen molar-refractivity contribution < 1.29 is 4.39 Å². The van der Waals surface area contributed by atoms with E-state index in [1.165, 1.54) is 11.0 Å². The molecule has 100 valence electrons. The van der Waals surface area contributed by atoms with Crippen LogP contribution >= 0.6 is 11.8 Å². The van der Waals surface area contributed by atoms with Gasteiger partial charge >= 0.3 is 0 Å². The molecule has 0 spiro atoms. The van der Waals surface area contributed by atoms with Gasteiger partial charge in [0.25, 0.3) is 0 Å². The van der Waals surface area contributed by atoms with Gasteiger partial charge in [-0.25, -0.2) is 4.39 Å². The van der Waals surface area contributed by atoms with E-state index in [1.807, 2.05) is 32.0 Å². The average molecular weight is 275 g/mol. The molecule has 2 rings (SSSR count). The first-order valence-corrected chi connectivity index (χ1v) is 7.28. The van der Waals surface area contributed by atoms with Gasteiger partial charge in [0.05, 0.1) is 0 Å². The van der Waals surface area contributed by atoms with E-state index in [-0.39, 0.29) is 11.9 Å². The summed E-state index contributed by atoms with van der Waals surface area (Å²) in [7, 11) is 0. The van der Waals surface area contributed by atoms with Crippen molar-refractivity contribution in [2.24, 2.45) is 5.73 Å². The Morgan fingerprint density at radius 1 is 1.21 bits per heavy atom. The quantitative estimate of drug-likeness (QED) is 0.834. The third kappa shape index (κ3) is 3.82. The third-order valence-electron chi connectivity index (χ3n) is 3.08. The normalized spacial score (nSPS) is 12.4. The second-order valence-corrected chi connectivity index (χ2v) is 5.77. The van der Waals surface area contributed by atoms with E-state index in [2.05, 4.69) is 12.1 Å². The Hall–Kier alpha value is -1.32. The van der Waals surface area contributed by atoms with E-state index in [1.54, 1.807) is 17.8 Å². The molecular formula is C16H18FNS. The predicted octanol–water partition coefficient (Wildman–Crippen LogP) is 4.45. The van der Waals surface area contributed by atoms with Crippen molar-refractivity contribution in [1.82, 2.24) is 0 Å². The van der Waals surface area contributed by atoms with Crippen molar-refractivity contribution in [2.75, 3.05) is 0 Å². The van der Waals surface area contributed by atoms with Crippen LogP contribution in [0.15, 0.2) is 47.4 Å². The van der Waals surface area contributed by atoms with Crippen LogP contribution in [0.5, 0.6) is 0 Å². The van der Waals surface area contributed by atoms with Crippen LogP contribution in [0, 0.1) is 12.7 Å². The maximum atomic E-state index is 13.0. The first kappa shape index (κ1) is 14.1. The average Bonchev–Trinajstić information content (AvgIpc) is 2.38. The molecule has 0 radical (unpaired) electrons. The first-order valence-electron chi connectivity index (χ1n) is 6.29. The second kappa shape index (κ2) is 6.22. The molecule has 2 aromatic carbocycles. The number of rotatable bonds is 4. The number of thioether (sulfide) groups is 1. The molecule has 1 unspecified atom stereocenters. The molecular weight excluding hydrogens is 257 g/mol. The van der Waals surface area contributed by atoms with E-state index >= 15 is 0 Å². The molecule has 0 saturated carbocycles. The zero-order chi connectivity index (χ0) is 13.8. The number of hydrogen-bond acceptors (Lipinski definition) is 2. The summed E-state index contributed by atoms with van der Waals surface area (Å²) in [4.78, 5) is 1.19. The highest BCUT2D eigenvalue weighted by Gasteiger charge is 2.04. The Morgan fingerprint density at radius 3 is 2.68 bits per heavy atom. The molecule has 1 nitrogen and oxygen atoms in total. The zero-order valence-corrected chi connectivity index (χ0v) is 12.0. The van der Waals surface area contributed by atoms with Crippen molar-refractivity contribution in [2.45, 2.75) is 30.5 Å². The molecule has 0 aliphatic rings. The molecule has 2 N–H and O–H groups in total. The Bertz CT molecular complexity index is 566. The van der Waals surface area contributed by atoms with Gasteiger partial charge in [0.1, 0.15) is 5.82 Å². The summed E-state index contributed by atoms with van der Waals surface area (Å²) in [6, 6.07) is 13.3. The molecule has 0 amide bonds. The molecule has 0 aromatic heterocycles. The van der Waals surface area contributed by atoms with Gasteiger partial charge in [-0.15, -0.1) is 11.8 Å². The van der Waals surface area contributed by atoms with Crippen LogP contribution in [0.25, 0.3) is 0 Å². The summed E-state index contributed by atoms with van der Waals surface area (Å²) in [6.45, 7) is 3.92. The third-order valence-corrected chi connectivity index (χ3v) is 4.13. The second-order valence-electron chi connectivity index (χ2n) is 4.72. The SMILES string of the molecule is Cc1cc(F)ccc1CSc1cccc(C(C)N)c1. The summed E-state index contributed by atoms with van der Waals surface area (Å²) < 4.78 is 13.0. The van der Waals surface area contributed by atoms with Crippen LogP contribution in [-0.2, 0) is 5.75 Å². The molecule has 3 heteroatoms. The number of halogens is 1. The number of nitrogens with two attached hydrogens (primary N) is 1. The topological polar surface area (TPSA) is 26.0 Å². The highest BCUT2D eigenvalue weighted by Crippen LogP contribution is 2.26. The van der Waals surface area contributed by atoms with Crippen LogP contribution in [0.2, 0.25) is 0 Å². The zero-order valence-electron chi connectivity index (χ0n) is 11.2. The van der Waals surface area contributed by atoms with Gasteiger partial charge in [0.2, 0.25) is 0 Å². The van der Waals surface area contributed by atoms with Gasteiger partial charge in [-0.2, -0.15) is 0 Å². The van der Waals surface area contributed by atoms with Crippen molar-refractivity contribution >= 4 is 11.8 Å². The fourth-order valence-electron chi connectivity index (χ4n) is 1.87. The van der Waals surface area contributed by atoms with Crippen LogP contribution in [-0.4, -0.2) is 0 Å². The van der Waals surface area contributed by atoms with Crippen molar-refractivity contribution in [3.63, 3.8) is 0 Å². The molecule has 0 saturated heterocycles. The highest BCUT2D eigenvalue weighted by molar-refractivity contribution is 7.98. The summed E-state index contributed by atoms with van der Waals surface area (Å²) >= 11 is 1.75. The van der Waals surface area contributed by atoms with Crippen LogP contribution in [0.4, 0.5) is 4.39 Å². The van der Waals surface area contributed by atoms with Crippen LogP contribution < -0.4 is 5.73 Å². The lowest BCUT2D eigenvalue weighted by Crippen LogP contribution is -2.04. The molecule has 0 aliphatic carbocycles. The summed E-state index contributed by atoms with van der Waals surface area (Å²) in [5.41, 5.74) is 9.18. The van der Waals surface area contributed by atoms with Gasteiger partial charge < -0.3 is 5.73 Å². The number of benzene rings is 2. The molecule has 19 heavy (non-hydrogen) atoms. The van der Waals surface area contributed by atoms with E-state index in [4.69, 9.17) is 5.73 Å². The standard InChI is InChI=1S/C16H18FNS/c1-11-8-15(17)7-6-14(11)10-19-16-5-3-4-13(9-16)12(2)18/h3-9,12H,10,18H2,1-2H3. The maximum absolute atomic E-state index is 13.0. The molecule has 1 atom stereocenters. The summed E-state index contributed by atoms with van der Waals surface area (Å²) in [5.74, 6) is 0.666. The largest absolute Gasteiger partial charge is 0.324 e. The maximum Gasteiger partial charge on any atom is 0.123 e. The van der Waals surface area contributed by atoms with E-state index in [0.717, 1.165) is 22.4 Å². The van der Waals surface area contributed by atoms with Gasteiger partial charge in [-0.05, 0) is 54.8 Å². The van der Waals surface area contributed by atoms with Gasteiger partial charge in [-0.3, -0.25) is 0 Å². The van der Waals surface area contributed by atoms with Gasteiger partial charge in [0, 0.05) is 16.7 Å². The van der Waals surface area contributed by atoms with Crippen LogP contribution in [0.1, 0.15) is 29.7 Å². The monoisotopic (exact) mass is 275 g/mol. The van der Waals surface area contributed by atoms with E-state index in [0.29, 0.717) is 0 Å². The van der Waals surface area contributed by atoms with E-state index < -0.39 is 0 Å². The number of aryl methyl sites for hydroxylation is 1. The minimum absolute atomic E-state index is 0.0492. The molecule has 0 heterocycles. The van der Waals surface area contributed by atoms with Crippen molar-refractivity contribution in [1.29, 1.82) is 0 Å². The Kier molecular flexibility index (Phi) is 4.61. The lowest BCUT2D eigenvalue weighted by Gasteiger charge is -2.09. The summed E-state index contributed by atoms with van der Waals surface area (Å²) in [5, 5.41) is 0. The fourth-order valence-corrected chi connectivity index (χ4v) is 2.91. The Morgan fingerprint density at radius 2 is 2.00 bits per heavy atom. The van der Waals surface area contributed by atoms with E-state index in [9.17, 15) is 4.39 Å². The van der Waals surface area contributed by atoms with Gasteiger partial charge in [-0.1, -0.05) is 18.2 Å². The highest BCUT2D eigenvalue weighted by atomic mass is 32.2. The van der Waals surface area contributed by atoms with Gasteiger partial charge in [0.15, 0.2) is 0 Å². The minimum Gasteiger partial charge on any atom is -0.324 e. The van der Waals surface area contributed by atoms with Crippen molar-refractivity contribution in [3.8, 4) is 0 Å². The Balaban J connectivity index is 2.08. The fraction of sp³-hybridized carbons (Fsp3) is 0.250. The smallest absolute Gasteiger partial charge is 0.123 e.